The van der Waals surface area contributed by atoms with Crippen molar-refractivity contribution in [2.24, 2.45) is 0 Å². The average Bonchev–Trinajstić information content (AvgIpc) is 3.17. The monoisotopic (exact) mass is 314 g/mol. The lowest BCUT2D eigenvalue weighted by Gasteiger charge is -2.15. The van der Waals surface area contributed by atoms with E-state index in [1.165, 1.54) is 0 Å². The number of likely N-dealkylation sites (tertiary alicyclic amines) is 1. The van der Waals surface area contributed by atoms with Gasteiger partial charge in [0.05, 0.1) is 0 Å². The maximum atomic E-state index is 11.7. The third-order valence-electron chi connectivity index (χ3n) is 4.17. The molecule has 0 radical (unpaired) electrons. The number of aromatic nitrogens is 2. The number of hydrogen-bond donors (Lipinski definition) is 1. The van der Waals surface area contributed by atoms with E-state index in [0.717, 1.165) is 30.5 Å². The Morgan fingerprint density at radius 2 is 2.30 bits per heavy atom. The second kappa shape index (κ2) is 6.91. The molecule has 1 aromatic carbocycles. The number of hydrogen-bond acceptors (Lipinski definition) is 5. The van der Waals surface area contributed by atoms with Crippen LogP contribution in [-0.4, -0.2) is 40.6 Å². The third-order valence-corrected chi connectivity index (χ3v) is 4.17. The number of nitrogens with zero attached hydrogens (tertiary/aromatic N) is 3. The molecule has 0 saturated carbocycles. The second-order valence-electron chi connectivity index (χ2n) is 6.03. The van der Waals surface area contributed by atoms with Crippen LogP contribution in [0.2, 0.25) is 0 Å². The summed E-state index contributed by atoms with van der Waals surface area (Å²) in [5.74, 6) is 1.46. The Labute approximate surface area is 135 Å². The maximum Gasteiger partial charge on any atom is 0.257 e. The van der Waals surface area contributed by atoms with Gasteiger partial charge in [0.2, 0.25) is 5.91 Å². The largest absolute Gasteiger partial charge is 0.338 e. The first kappa shape index (κ1) is 15.7. The SMILES string of the molecule is CNC(C)Cc1noc(-c2cccc(CN3CCCC3=O)c2)n1. The fraction of sp³-hybridized carbons (Fsp3) is 0.471. The lowest BCUT2D eigenvalue weighted by Crippen LogP contribution is -2.24. The van der Waals surface area contributed by atoms with Gasteiger partial charge in [0.25, 0.3) is 5.89 Å². The molecule has 6 heteroatoms. The summed E-state index contributed by atoms with van der Waals surface area (Å²) in [5, 5.41) is 7.19. The molecule has 1 aliphatic rings. The second-order valence-corrected chi connectivity index (χ2v) is 6.03. The Bertz CT molecular complexity index is 683. The molecule has 2 heterocycles. The van der Waals surface area contributed by atoms with Gasteiger partial charge in [0.15, 0.2) is 5.82 Å². The van der Waals surface area contributed by atoms with Crippen molar-refractivity contribution >= 4 is 5.91 Å². The molecule has 1 amide bonds. The normalized spacial score (nSPS) is 16.1. The van der Waals surface area contributed by atoms with Crippen molar-refractivity contribution in [1.82, 2.24) is 20.4 Å². The molecule has 1 saturated heterocycles. The molecule has 3 rings (SSSR count). The Morgan fingerprint density at radius 3 is 3.04 bits per heavy atom. The Morgan fingerprint density at radius 1 is 1.43 bits per heavy atom. The van der Waals surface area contributed by atoms with Crippen LogP contribution >= 0.6 is 0 Å². The van der Waals surface area contributed by atoms with Gasteiger partial charge in [-0.15, -0.1) is 0 Å². The van der Waals surface area contributed by atoms with E-state index in [4.69, 9.17) is 4.52 Å². The van der Waals surface area contributed by atoms with Crippen molar-refractivity contribution in [2.45, 2.75) is 38.8 Å². The summed E-state index contributed by atoms with van der Waals surface area (Å²) in [7, 11) is 1.91. The molecule has 1 aromatic heterocycles. The topological polar surface area (TPSA) is 71.3 Å². The van der Waals surface area contributed by atoms with Crippen molar-refractivity contribution in [3.63, 3.8) is 0 Å². The zero-order valence-corrected chi connectivity index (χ0v) is 13.6. The number of amides is 1. The zero-order chi connectivity index (χ0) is 16.2. The third kappa shape index (κ3) is 3.76. The highest BCUT2D eigenvalue weighted by molar-refractivity contribution is 5.78. The molecule has 1 aliphatic heterocycles. The van der Waals surface area contributed by atoms with Crippen molar-refractivity contribution in [3.8, 4) is 11.5 Å². The van der Waals surface area contributed by atoms with E-state index < -0.39 is 0 Å². The fourth-order valence-electron chi connectivity index (χ4n) is 2.72. The van der Waals surface area contributed by atoms with Gasteiger partial charge in [-0.05, 0) is 38.1 Å². The lowest BCUT2D eigenvalue weighted by atomic mass is 10.1. The number of nitrogens with one attached hydrogen (secondary N) is 1. The van der Waals surface area contributed by atoms with Crippen LogP contribution in [0, 0.1) is 0 Å². The van der Waals surface area contributed by atoms with Gasteiger partial charge in [0, 0.05) is 37.5 Å². The van der Waals surface area contributed by atoms with E-state index in [2.05, 4.69) is 22.4 Å². The molecule has 2 aromatic rings. The van der Waals surface area contributed by atoms with Crippen LogP contribution in [0.4, 0.5) is 0 Å². The van der Waals surface area contributed by atoms with E-state index in [0.29, 0.717) is 30.7 Å². The minimum absolute atomic E-state index is 0.233. The van der Waals surface area contributed by atoms with Crippen molar-refractivity contribution in [2.75, 3.05) is 13.6 Å². The van der Waals surface area contributed by atoms with Crippen LogP contribution in [0.25, 0.3) is 11.5 Å². The molecule has 23 heavy (non-hydrogen) atoms. The van der Waals surface area contributed by atoms with Gasteiger partial charge in [-0.1, -0.05) is 17.3 Å². The van der Waals surface area contributed by atoms with Crippen LogP contribution in [0.15, 0.2) is 28.8 Å². The minimum Gasteiger partial charge on any atom is -0.338 e. The van der Waals surface area contributed by atoms with Crippen LogP contribution in [0.3, 0.4) is 0 Å². The molecular weight excluding hydrogens is 292 g/mol. The average molecular weight is 314 g/mol. The van der Waals surface area contributed by atoms with Crippen molar-refractivity contribution in [3.05, 3.63) is 35.7 Å². The molecule has 1 unspecified atom stereocenters. The molecule has 0 aliphatic carbocycles. The molecule has 1 fully saturated rings. The molecule has 122 valence electrons. The van der Waals surface area contributed by atoms with Gasteiger partial charge in [-0.3, -0.25) is 4.79 Å². The highest BCUT2D eigenvalue weighted by atomic mass is 16.5. The lowest BCUT2D eigenvalue weighted by molar-refractivity contribution is -0.128. The number of rotatable bonds is 6. The van der Waals surface area contributed by atoms with Crippen LogP contribution in [0.5, 0.6) is 0 Å². The summed E-state index contributed by atoms with van der Waals surface area (Å²) in [6.07, 6.45) is 2.34. The molecule has 0 bridgehead atoms. The van der Waals surface area contributed by atoms with Gasteiger partial charge >= 0.3 is 0 Å². The molecular formula is C17H22N4O2. The van der Waals surface area contributed by atoms with E-state index in [-0.39, 0.29) is 5.91 Å². The predicted molar refractivity (Wildman–Crippen MR) is 86.6 cm³/mol. The summed E-state index contributed by atoms with van der Waals surface area (Å²) < 4.78 is 5.37. The van der Waals surface area contributed by atoms with Gasteiger partial charge in [0.1, 0.15) is 0 Å². The minimum atomic E-state index is 0.233. The number of carbonyl (C=O) groups excluding carboxylic acids is 1. The molecule has 6 nitrogen and oxygen atoms in total. The van der Waals surface area contributed by atoms with Crippen LogP contribution < -0.4 is 5.32 Å². The highest BCUT2D eigenvalue weighted by Crippen LogP contribution is 2.21. The first-order valence-electron chi connectivity index (χ1n) is 8.02. The summed E-state index contributed by atoms with van der Waals surface area (Å²) in [5.41, 5.74) is 1.98. The Balaban J connectivity index is 1.73. The van der Waals surface area contributed by atoms with E-state index in [1.54, 1.807) is 0 Å². The maximum absolute atomic E-state index is 11.7. The highest BCUT2D eigenvalue weighted by Gasteiger charge is 2.20. The summed E-state index contributed by atoms with van der Waals surface area (Å²) >= 11 is 0. The van der Waals surface area contributed by atoms with Crippen LogP contribution in [0.1, 0.15) is 31.2 Å². The van der Waals surface area contributed by atoms with Crippen molar-refractivity contribution in [1.29, 1.82) is 0 Å². The van der Waals surface area contributed by atoms with Gasteiger partial charge in [-0.25, -0.2) is 0 Å². The smallest absolute Gasteiger partial charge is 0.257 e. The summed E-state index contributed by atoms with van der Waals surface area (Å²) in [6.45, 7) is 3.56. The zero-order valence-electron chi connectivity index (χ0n) is 13.6. The van der Waals surface area contributed by atoms with E-state index in [9.17, 15) is 4.79 Å². The van der Waals surface area contributed by atoms with E-state index >= 15 is 0 Å². The quantitative estimate of drug-likeness (QED) is 0.883. The number of likely N-dealkylation sites (N-methyl/N-ethyl adjacent to an activating group) is 1. The fourth-order valence-corrected chi connectivity index (χ4v) is 2.72. The first-order chi connectivity index (χ1) is 11.2. The van der Waals surface area contributed by atoms with Crippen LogP contribution in [-0.2, 0) is 17.8 Å². The molecule has 1 atom stereocenters. The standard InChI is InChI=1S/C17H22N4O2/c1-12(18-2)9-15-19-17(23-20-15)14-6-3-5-13(10-14)11-21-8-4-7-16(21)22/h3,5-6,10,12,18H,4,7-9,11H2,1-2H3. The Hall–Kier alpha value is -2.21. The van der Waals surface area contributed by atoms with Gasteiger partial charge < -0.3 is 14.7 Å². The van der Waals surface area contributed by atoms with Gasteiger partial charge in [-0.2, -0.15) is 4.98 Å². The molecule has 1 N–H and O–H groups in total. The summed E-state index contributed by atoms with van der Waals surface area (Å²) in [4.78, 5) is 18.1. The van der Waals surface area contributed by atoms with Crippen molar-refractivity contribution < 1.29 is 9.32 Å². The Kier molecular flexibility index (Phi) is 4.71. The first-order valence-corrected chi connectivity index (χ1v) is 8.02. The summed E-state index contributed by atoms with van der Waals surface area (Å²) in [6, 6.07) is 8.26. The number of benzene rings is 1. The van der Waals surface area contributed by atoms with E-state index in [1.807, 2.05) is 36.2 Å². The number of carbonyl (C=O) groups is 1. The predicted octanol–water partition coefficient (Wildman–Crippen LogP) is 2.01. The molecule has 0 spiro atoms.